The highest BCUT2D eigenvalue weighted by atomic mass is 35.5. The molecule has 1 aliphatic heterocycles. The summed E-state index contributed by atoms with van der Waals surface area (Å²) in [5, 5.41) is 10.9. The fourth-order valence-electron chi connectivity index (χ4n) is 5.79. The Hall–Kier alpha value is -2.82. The SMILES string of the molecule is CC(=O)N(Cc1ccccc1)Cc1cccc2c1CC[C@H]1[C@H]2c2cc(O)c(Cl)cc2CCN1C. The highest BCUT2D eigenvalue weighted by molar-refractivity contribution is 6.32. The Morgan fingerprint density at radius 2 is 1.85 bits per heavy atom. The van der Waals surface area contributed by atoms with Gasteiger partial charge in [-0.05, 0) is 71.8 Å². The first-order valence-corrected chi connectivity index (χ1v) is 12.4. The Balaban J connectivity index is 1.54. The minimum atomic E-state index is 0.0780. The summed E-state index contributed by atoms with van der Waals surface area (Å²) in [5.41, 5.74) is 7.41. The predicted octanol–water partition coefficient (Wildman–Crippen LogP) is 5.53. The molecule has 1 N–H and O–H groups in total. The lowest BCUT2D eigenvalue weighted by Crippen LogP contribution is -2.40. The number of hydrogen-bond acceptors (Lipinski definition) is 3. The van der Waals surface area contributed by atoms with Gasteiger partial charge >= 0.3 is 0 Å². The predicted molar refractivity (Wildman–Crippen MR) is 136 cm³/mol. The van der Waals surface area contributed by atoms with E-state index in [0.717, 1.165) is 31.4 Å². The molecule has 176 valence electrons. The summed E-state index contributed by atoms with van der Waals surface area (Å²) in [5.74, 6) is 0.404. The Labute approximate surface area is 206 Å². The van der Waals surface area contributed by atoms with Crippen molar-refractivity contribution < 1.29 is 9.90 Å². The molecule has 5 heteroatoms. The van der Waals surface area contributed by atoms with Gasteiger partial charge in [-0.3, -0.25) is 4.79 Å². The van der Waals surface area contributed by atoms with Gasteiger partial charge in [-0.2, -0.15) is 0 Å². The third kappa shape index (κ3) is 4.33. The Bertz CT molecular complexity index is 1210. The maximum absolute atomic E-state index is 12.5. The maximum Gasteiger partial charge on any atom is 0.220 e. The van der Waals surface area contributed by atoms with E-state index in [1.165, 1.54) is 27.8 Å². The quantitative estimate of drug-likeness (QED) is 0.540. The largest absolute Gasteiger partial charge is 0.506 e. The van der Waals surface area contributed by atoms with Gasteiger partial charge in [-0.25, -0.2) is 0 Å². The van der Waals surface area contributed by atoms with Crippen LogP contribution in [0.5, 0.6) is 5.75 Å². The van der Waals surface area contributed by atoms with E-state index in [0.29, 0.717) is 24.2 Å². The minimum Gasteiger partial charge on any atom is -0.506 e. The molecule has 0 radical (unpaired) electrons. The zero-order chi connectivity index (χ0) is 23.8. The standard InChI is InChI=1S/C29H31ClN2O2/c1-19(33)32(17-20-7-4-3-5-8-20)18-22-9-6-10-24-23(22)11-12-27-29(24)25-16-28(34)26(30)15-21(25)13-14-31(27)2/h3-10,15-16,27,29,34H,11-14,17-18H2,1-2H3/t27-,29+/m0/s1. The van der Waals surface area contributed by atoms with E-state index < -0.39 is 0 Å². The normalized spacial score (nSPS) is 19.5. The van der Waals surface area contributed by atoms with Gasteiger partial charge in [0.2, 0.25) is 5.91 Å². The number of likely N-dealkylation sites (N-methyl/N-ethyl adjacent to an activating group) is 1. The van der Waals surface area contributed by atoms with Crippen LogP contribution >= 0.6 is 11.6 Å². The summed E-state index contributed by atoms with van der Waals surface area (Å²) in [6.45, 7) is 3.82. The van der Waals surface area contributed by atoms with Crippen LogP contribution in [0.4, 0.5) is 0 Å². The van der Waals surface area contributed by atoms with Crippen LogP contribution in [0, 0.1) is 0 Å². The van der Waals surface area contributed by atoms with Gasteiger partial charge in [-0.1, -0.05) is 60.1 Å². The van der Waals surface area contributed by atoms with Crippen LogP contribution in [0.1, 0.15) is 52.6 Å². The lowest BCUT2D eigenvalue weighted by Gasteiger charge is -2.39. The van der Waals surface area contributed by atoms with Crippen molar-refractivity contribution in [3.05, 3.63) is 99.1 Å². The van der Waals surface area contributed by atoms with Crippen LogP contribution in [0.3, 0.4) is 0 Å². The second kappa shape index (κ2) is 9.44. The lowest BCUT2D eigenvalue weighted by molar-refractivity contribution is -0.130. The highest BCUT2D eigenvalue weighted by Crippen LogP contribution is 2.45. The molecule has 3 aromatic carbocycles. The summed E-state index contributed by atoms with van der Waals surface area (Å²) in [6.07, 6.45) is 2.96. The van der Waals surface area contributed by atoms with Crippen LogP contribution in [-0.4, -0.2) is 40.4 Å². The van der Waals surface area contributed by atoms with E-state index in [1.54, 1.807) is 6.92 Å². The molecule has 1 aliphatic carbocycles. The third-order valence-corrected chi connectivity index (χ3v) is 7.89. The Morgan fingerprint density at radius 3 is 2.62 bits per heavy atom. The number of phenols is 1. The van der Waals surface area contributed by atoms with Crippen LogP contribution in [0.2, 0.25) is 5.02 Å². The number of carbonyl (C=O) groups excluding carboxylic acids is 1. The van der Waals surface area contributed by atoms with Crippen molar-refractivity contribution >= 4 is 17.5 Å². The van der Waals surface area contributed by atoms with E-state index in [4.69, 9.17) is 11.6 Å². The number of phenolic OH excluding ortho intramolecular Hbond substituents is 1. The monoisotopic (exact) mass is 474 g/mol. The van der Waals surface area contributed by atoms with Gasteiger partial charge in [-0.15, -0.1) is 0 Å². The lowest BCUT2D eigenvalue weighted by atomic mass is 9.73. The second-order valence-corrected chi connectivity index (χ2v) is 10.1. The van der Waals surface area contributed by atoms with Crippen LogP contribution in [-0.2, 0) is 30.7 Å². The molecule has 2 atom stereocenters. The molecule has 3 aromatic rings. The average molecular weight is 475 g/mol. The van der Waals surface area contributed by atoms with Crippen molar-refractivity contribution in [3.63, 3.8) is 0 Å². The smallest absolute Gasteiger partial charge is 0.220 e. The number of halogens is 1. The molecule has 4 nitrogen and oxygen atoms in total. The number of rotatable bonds is 4. The summed E-state index contributed by atoms with van der Waals surface area (Å²) in [7, 11) is 2.21. The maximum atomic E-state index is 12.5. The first-order valence-electron chi connectivity index (χ1n) is 12.0. The molecule has 0 aromatic heterocycles. The van der Waals surface area contributed by atoms with Gasteiger partial charge in [0.05, 0.1) is 5.02 Å². The van der Waals surface area contributed by atoms with Gasteiger partial charge in [0.1, 0.15) is 5.75 Å². The third-order valence-electron chi connectivity index (χ3n) is 7.59. The molecule has 0 saturated heterocycles. The van der Waals surface area contributed by atoms with Crippen molar-refractivity contribution in [3.8, 4) is 5.75 Å². The topological polar surface area (TPSA) is 43.8 Å². The Kier molecular flexibility index (Phi) is 6.37. The Morgan fingerprint density at radius 1 is 1.06 bits per heavy atom. The molecule has 34 heavy (non-hydrogen) atoms. The number of benzene rings is 3. The number of fused-ring (bicyclic) bond motifs is 5. The van der Waals surface area contributed by atoms with Crippen molar-refractivity contribution in [2.24, 2.45) is 0 Å². The number of amides is 1. The zero-order valence-corrected chi connectivity index (χ0v) is 20.6. The molecular weight excluding hydrogens is 444 g/mol. The molecule has 1 heterocycles. The number of nitrogens with zero attached hydrogens (tertiary/aromatic N) is 2. The molecule has 0 unspecified atom stereocenters. The van der Waals surface area contributed by atoms with E-state index in [9.17, 15) is 9.90 Å². The van der Waals surface area contributed by atoms with E-state index in [-0.39, 0.29) is 17.6 Å². The van der Waals surface area contributed by atoms with Gasteiger partial charge in [0, 0.05) is 38.5 Å². The second-order valence-electron chi connectivity index (χ2n) is 9.66. The van der Waals surface area contributed by atoms with E-state index >= 15 is 0 Å². The first kappa shape index (κ1) is 22.9. The van der Waals surface area contributed by atoms with E-state index in [2.05, 4.69) is 42.3 Å². The molecule has 0 spiro atoms. The highest BCUT2D eigenvalue weighted by Gasteiger charge is 2.37. The summed E-state index contributed by atoms with van der Waals surface area (Å²) in [4.78, 5) is 16.9. The molecule has 0 fully saturated rings. The fourth-order valence-corrected chi connectivity index (χ4v) is 5.98. The molecule has 1 amide bonds. The van der Waals surface area contributed by atoms with Crippen molar-refractivity contribution in [1.29, 1.82) is 0 Å². The number of hydrogen-bond donors (Lipinski definition) is 1. The molecular formula is C29H31ClN2O2. The van der Waals surface area contributed by atoms with Gasteiger partial charge in [0.15, 0.2) is 0 Å². The average Bonchev–Trinajstić information content (AvgIpc) is 2.96. The summed E-state index contributed by atoms with van der Waals surface area (Å²) in [6, 6.07) is 20.9. The summed E-state index contributed by atoms with van der Waals surface area (Å²) >= 11 is 6.29. The summed E-state index contributed by atoms with van der Waals surface area (Å²) < 4.78 is 0. The number of aromatic hydroxyl groups is 1. The zero-order valence-electron chi connectivity index (χ0n) is 19.8. The molecule has 2 aliphatic rings. The van der Waals surface area contributed by atoms with Crippen molar-refractivity contribution in [2.45, 2.75) is 51.2 Å². The van der Waals surface area contributed by atoms with E-state index in [1.807, 2.05) is 35.2 Å². The van der Waals surface area contributed by atoms with Crippen LogP contribution in [0.25, 0.3) is 0 Å². The van der Waals surface area contributed by atoms with Crippen molar-refractivity contribution in [2.75, 3.05) is 13.6 Å². The fraction of sp³-hybridized carbons (Fsp3) is 0.345. The minimum absolute atomic E-state index is 0.0780. The van der Waals surface area contributed by atoms with Crippen LogP contribution < -0.4 is 0 Å². The van der Waals surface area contributed by atoms with Gasteiger partial charge < -0.3 is 14.9 Å². The first-order chi connectivity index (χ1) is 16.4. The van der Waals surface area contributed by atoms with Crippen molar-refractivity contribution in [1.82, 2.24) is 9.80 Å². The van der Waals surface area contributed by atoms with Gasteiger partial charge in [0.25, 0.3) is 0 Å². The molecule has 0 bridgehead atoms. The molecule has 5 rings (SSSR count). The molecule has 0 saturated carbocycles. The number of carbonyl (C=O) groups is 1. The van der Waals surface area contributed by atoms with Crippen LogP contribution in [0.15, 0.2) is 60.7 Å².